The van der Waals surface area contributed by atoms with Crippen LogP contribution in [0, 0.1) is 12.7 Å². The summed E-state index contributed by atoms with van der Waals surface area (Å²) in [7, 11) is 0. The van der Waals surface area contributed by atoms with Gasteiger partial charge < -0.3 is 15.4 Å². The largest absolute Gasteiger partial charge is 0.459 e. The molecule has 3 aromatic rings. The molecule has 11 nitrogen and oxygen atoms in total. The molecule has 0 aliphatic rings. The number of benzene rings is 1. The van der Waals surface area contributed by atoms with E-state index in [9.17, 15) is 18.8 Å². The molecule has 35 heavy (non-hydrogen) atoms. The second-order valence-electron chi connectivity index (χ2n) is 8.70. The molecular formula is C23H26FN7O4. The highest BCUT2D eigenvalue weighted by Gasteiger charge is 2.18. The molecule has 1 aromatic carbocycles. The Labute approximate surface area is 201 Å². The summed E-state index contributed by atoms with van der Waals surface area (Å²) in [5.41, 5.74) is 1.28. The van der Waals surface area contributed by atoms with Gasteiger partial charge in [-0.05, 0) is 62.7 Å². The van der Waals surface area contributed by atoms with E-state index >= 15 is 0 Å². The first-order valence-corrected chi connectivity index (χ1v) is 10.8. The predicted octanol–water partition coefficient (Wildman–Crippen LogP) is 1.57. The van der Waals surface area contributed by atoms with Crippen molar-refractivity contribution in [2.24, 2.45) is 0 Å². The molecule has 2 aromatic heterocycles. The molecule has 0 saturated heterocycles. The number of hydrogen-bond acceptors (Lipinski definition) is 8. The van der Waals surface area contributed by atoms with Gasteiger partial charge in [0.25, 0.3) is 5.91 Å². The lowest BCUT2D eigenvalue weighted by atomic mass is 10.1. The Morgan fingerprint density at radius 1 is 1.09 bits per heavy atom. The average Bonchev–Trinajstić information content (AvgIpc) is 3.24. The van der Waals surface area contributed by atoms with Crippen molar-refractivity contribution in [3.05, 3.63) is 59.2 Å². The van der Waals surface area contributed by atoms with Crippen LogP contribution in [0.4, 0.5) is 4.39 Å². The van der Waals surface area contributed by atoms with Crippen LogP contribution in [0.15, 0.2) is 36.4 Å². The Kier molecular flexibility index (Phi) is 7.84. The smallest absolute Gasteiger partial charge is 0.325 e. The van der Waals surface area contributed by atoms with E-state index in [0.29, 0.717) is 11.3 Å². The van der Waals surface area contributed by atoms with Crippen molar-refractivity contribution < 1.29 is 23.5 Å². The van der Waals surface area contributed by atoms with E-state index < -0.39 is 23.4 Å². The lowest BCUT2D eigenvalue weighted by molar-refractivity contribution is -0.154. The average molecular weight is 484 g/mol. The maximum atomic E-state index is 13.0. The summed E-state index contributed by atoms with van der Waals surface area (Å²) in [5.74, 6) is -1.63. The molecule has 0 bridgehead atoms. The SMILES string of the molecule is Cc1cc(-c2nnn(CC(=O)NCC(=O)OC(C)(C)C)n2)cc(C(=O)NCc2ccc(F)cc2)n1. The number of hydrogen-bond donors (Lipinski definition) is 2. The Morgan fingerprint density at radius 3 is 2.49 bits per heavy atom. The molecular weight excluding hydrogens is 457 g/mol. The number of aryl methyl sites for hydroxylation is 1. The summed E-state index contributed by atoms with van der Waals surface area (Å²) in [6.45, 7) is 6.58. The third-order valence-corrected chi connectivity index (χ3v) is 4.40. The molecule has 2 N–H and O–H groups in total. The minimum absolute atomic E-state index is 0.147. The zero-order valence-electron chi connectivity index (χ0n) is 19.8. The zero-order chi connectivity index (χ0) is 25.6. The quantitative estimate of drug-likeness (QED) is 0.460. The van der Waals surface area contributed by atoms with Gasteiger partial charge in [-0.15, -0.1) is 10.2 Å². The van der Waals surface area contributed by atoms with Gasteiger partial charge in [0.1, 0.15) is 30.2 Å². The van der Waals surface area contributed by atoms with Crippen molar-refractivity contribution in [1.82, 2.24) is 35.8 Å². The number of carbonyl (C=O) groups is 3. The van der Waals surface area contributed by atoms with Crippen LogP contribution in [0.25, 0.3) is 11.4 Å². The van der Waals surface area contributed by atoms with Crippen molar-refractivity contribution in [2.75, 3.05) is 6.54 Å². The molecule has 2 amide bonds. The standard InChI is InChI=1S/C23H26FN7O4/c1-14-9-16(10-18(27-14)22(34)26-11-15-5-7-17(24)8-6-15)21-28-30-31(29-21)13-19(32)25-12-20(33)35-23(2,3)4/h5-10H,11-13H2,1-4H3,(H,25,32)(H,26,34). The van der Waals surface area contributed by atoms with Gasteiger partial charge in [-0.2, -0.15) is 4.80 Å². The topological polar surface area (TPSA) is 141 Å². The van der Waals surface area contributed by atoms with Crippen molar-refractivity contribution in [3.8, 4) is 11.4 Å². The summed E-state index contributed by atoms with van der Waals surface area (Å²) in [5, 5.41) is 17.1. The first-order chi connectivity index (χ1) is 16.5. The van der Waals surface area contributed by atoms with Crippen LogP contribution < -0.4 is 10.6 Å². The normalized spacial score (nSPS) is 11.1. The van der Waals surface area contributed by atoms with E-state index in [0.717, 1.165) is 10.4 Å². The number of esters is 1. The van der Waals surface area contributed by atoms with Crippen LogP contribution >= 0.6 is 0 Å². The maximum Gasteiger partial charge on any atom is 0.325 e. The van der Waals surface area contributed by atoms with Crippen molar-refractivity contribution >= 4 is 17.8 Å². The molecule has 0 atom stereocenters. The summed E-state index contributed by atoms with van der Waals surface area (Å²) in [6, 6.07) is 8.99. The molecule has 0 saturated carbocycles. The Balaban J connectivity index is 1.61. The number of nitrogens with zero attached hydrogens (tertiary/aromatic N) is 5. The van der Waals surface area contributed by atoms with E-state index in [1.165, 1.54) is 18.2 Å². The van der Waals surface area contributed by atoms with Crippen LogP contribution in [-0.4, -0.2) is 55.1 Å². The number of pyridine rings is 1. The molecule has 0 radical (unpaired) electrons. The van der Waals surface area contributed by atoms with Gasteiger partial charge in [0.15, 0.2) is 0 Å². The number of carbonyl (C=O) groups excluding carboxylic acids is 3. The maximum absolute atomic E-state index is 13.0. The van der Waals surface area contributed by atoms with Gasteiger partial charge in [0, 0.05) is 17.8 Å². The third-order valence-electron chi connectivity index (χ3n) is 4.40. The van der Waals surface area contributed by atoms with Gasteiger partial charge in [-0.3, -0.25) is 14.4 Å². The molecule has 0 aliphatic heterocycles. The van der Waals surface area contributed by atoms with E-state index in [1.54, 1.807) is 45.9 Å². The van der Waals surface area contributed by atoms with Crippen molar-refractivity contribution in [2.45, 2.75) is 46.4 Å². The lowest BCUT2D eigenvalue weighted by Crippen LogP contribution is -2.36. The van der Waals surface area contributed by atoms with E-state index in [-0.39, 0.29) is 37.0 Å². The molecule has 3 rings (SSSR count). The highest BCUT2D eigenvalue weighted by molar-refractivity contribution is 5.93. The molecule has 0 spiro atoms. The molecule has 184 valence electrons. The van der Waals surface area contributed by atoms with Crippen LogP contribution in [0.3, 0.4) is 0 Å². The number of nitrogens with one attached hydrogen (secondary N) is 2. The number of ether oxygens (including phenoxy) is 1. The highest BCUT2D eigenvalue weighted by Crippen LogP contribution is 2.16. The van der Waals surface area contributed by atoms with E-state index in [1.807, 2.05) is 0 Å². The Bertz CT molecular complexity index is 1220. The lowest BCUT2D eigenvalue weighted by Gasteiger charge is -2.19. The minimum Gasteiger partial charge on any atom is -0.459 e. The highest BCUT2D eigenvalue weighted by atomic mass is 19.1. The van der Waals surface area contributed by atoms with E-state index in [4.69, 9.17) is 4.74 Å². The number of aromatic nitrogens is 5. The van der Waals surface area contributed by atoms with Crippen LogP contribution in [0.1, 0.15) is 42.5 Å². The second kappa shape index (κ2) is 10.8. The number of halogens is 1. The first-order valence-electron chi connectivity index (χ1n) is 10.8. The summed E-state index contributed by atoms with van der Waals surface area (Å²) in [6.07, 6.45) is 0. The summed E-state index contributed by atoms with van der Waals surface area (Å²) in [4.78, 5) is 41.7. The molecule has 0 unspecified atom stereocenters. The number of tetrazole rings is 1. The molecule has 12 heteroatoms. The van der Waals surface area contributed by atoms with Crippen LogP contribution in [0.2, 0.25) is 0 Å². The number of rotatable bonds is 8. The second-order valence-corrected chi connectivity index (χ2v) is 8.70. The van der Waals surface area contributed by atoms with Gasteiger partial charge in [0.2, 0.25) is 11.7 Å². The van der Waals surface area contributed by atoms with Gasteiger partial charge >= 0.3 is 5.97 Å². The Morgan fingerprint density at radius 2 is 1.80 bits per heavy atom. The predicted molar refractivity (Wildman–Crippen MR) is 122 cm³/mol. The third kappa shape index (κ3) is 7.95. The van der Waals surface area contributed by atoms with Crippen molar-refractivity contribution in [3.63, 3.8) is 0 Å². The van der Waals surface area contributed by atoms with Crippen LogP contribution in [-0.2, 0) is 27.4 Å². The van der Waals surface area contributed by atoms with Gasteiger partial charge in [0.05, 0.1) is 0 Å². The fourth-order valence-corrected chi connectivity index (χ4v) is 2.95. The zero-order valence-corrected chi connectivity index (χ0v) is 19.8. The summed E-state index contributed by atoms with van der Waals surface area (Å²) >= 11 is 0. The summed E-state index contributed by atoms with van der Waals surface area (Å²) < 4.78 is 18.2. The molecule has 0 aliphatic carbocycles. The number of amides is 2. The Hall–Kier alpha value is -4.22. The fourth-order valence-electron chi connectivity index (χ4n) is 2.95. The van der Waals surface area contributed by atoms with Crippen LogP contribution in [0.5, 0.6) is 0 Å². The van der Waals surface area contributed by atoms with Gasteiger partial charge in [-0.25, -0.2) is 9.37 Å². The molecule has 0 fully saturated rings. The van der Waals surface area contributed by atoms with Gasteiger partial charge in [-0.1, -0.05) is 12.1 Å². The first kappa shape index (κ1) is 25.4. The van der Waals surface area contributed by atoms with Crippen molar-refractivity contribution in [1.29, 1.82) is 0 Å². The fraction of sp³-hybridized carbons (Fsp3) is 0.348. The monoisotopic (exact) mass is 483 g/mol. The molecule has 2 heterocycles. The van der Waals surface area contributed by atoms with E-state index in [2.05, 4.69) is 31.0 Å². The minimum atomic E-state index is -0.649.